The van der Waals surface area contributed by atoms with Crippen molar-refractivity contribution in [3.63, 3.8) is 0 Å². The van der Waals surface area contributed by atoms with Crippen LogP contribution in [-0.4, -0.2) is 29.3 Å². The van der Waals surface area contributed by atoms with Crippen molar-refractivity contribution in [2.45, 2.75) is 13.0 Å². The van der Waals surface area contributed by atoms with Gasteiger partial charge < -0.3 is 10.6 Å². The Morgan fingerprint density at radius 2 is 2.05 bits per heavy atom. The summed E-state index contributed by atoms with van der Waals surface area (Å²) in [6.07, 6.45) is 2.14. The second-order valence-electron chi connectivity index (χ2n) is 4.26. The molecule has 1 aromatic heterocycles. The molecule has 0 aliphatic carbocycles. The lowest BCUT2D eigenvalue weighted by Gasteiger charge is -2.09. The fourth-order valence-corrected chi connectivity index (χ4v) is 1.77. The van der Waals surface area contributed by atoms with Gasteiger partial charge in [0.1, 0.15) is 5.82 Å². The third kappa shape index (κ3) is 3.93. The van der Waals surface area contributed by atoms with Crippen LogP contribution in [0.5, 0.6) is 0 Å². The summed E-state index contributed by atoms with van der Waals surface area (Å²) in [6.45, 7) is 1.31. The molecule has 0 aliphatic heterocycles. The van der Waals surface area contributed by atoms with Gasteiger partial charge in [-0.15, -0.1) is 0 Å². The minimum atomic E-state index is -0.0100. The van der Waals surface area contributed by atoms with Gasteiger partial charge >= 0.3 is 0 Å². The molecule has 1 aromatic carbocycles. The smallest absolute Gasteiger partial charge is 0.226 e. The van der Waals surface area contributed by atoms with Crippen molar-refractivity contribution in [3.8, 4) is 0 Å². The summed E-state index contributed by atoms with van der Waals surface area (Å²) in [5.74, 6) is 0.717. The molecule has 0 bridgehead atoms. The molecule has 0 radical (unpaired) electrons. The summed E-state index contributed by atoms with van der Waals surface area (Å²) < 4.78 is 1.78. The fourth-order valence-electron chi connectivity index (χ4n) is 1.77. The minimum absolute atomic E-state index is 0.0100. The molecule has 0 saturated carbocycles. The van der Waals surface area contributed by atoms with E-state index in [1.54, 1.807) is 16.9 Å². The second kappa shape index (κ2) is 6.70. The molecule has 100 valence electrons. The molecular weight excluding hydrogens is 240 g/mol. The second-order valence-corrected chi connectivity index (χ2v) is 4.26. The van der Waals surface area contributed by atoms with Gasteiger partial charge in [-0.1, -0.05) is 30.3 Å². The van der Waals surface area contributed by atoms with Crippen LogP contribution in [0.2, 0.25) is 0 Å². The normalized spacial score (nSPS) is 10.4. The van der Waals surface area contributed by atoms with E-state index in [9.17, 15) is 4.79 Å². The van der Waals surface area contributed by atoms with Crippen LogP contribution < -0.4 is 10.6 Å². The van der Waals surface area contributed by atoms with Crippen LogP contribution >= 0.6 is 0 Å². The maximum absolute atomic E-state index is 11.7. The van der Waals surface area contributed by atoms with Gasteiger partial charge in [-0.2, -0.15) is 5.10 Å². The zero-order valence-electron chi connectivity index (χ0n) is 11.0. The highest BCUT2D eigenvalue weighted by Crippen LogP contribution is 2.10. The van der Waals surface area contributed by atoms with Crippen LogP contribution in [0.4, 0.5) is 5.82 Å². The molecule has 2 rings (SSSR count). The Morgan fingerprint density at radius 1 is 1.26 bits per heavy atom. The van der Waals surface area contributed by atoms with Crippen molar-refractivity contribution in [2.75, 3.05) is 18.9 Å². The first kappa shape index (κ1) is 13.3. The van der Waals surface area contributed by atoms with E-state index in [4.69, 9.17) is 0 Å². The number of hydrogen-bond donors (Lipinski definition) is 2. The molecule has 0 aliphatic rings. The maximum Gasteiger partial charge on any atom is 0.226 e. The Balaban J connectivity index is 2.00. The van der Waals surface area contributed by atoms with Crippen molar-refractivity contribution in [1.29, 1.82) is 0 Å². The molecule has 0 spiro atoms. The number of anilines is 1. The topological polar surface area (TPSA) is 59.0 Å². The van der Waals surface area contributed by atoms with E-state index in [0.29, 0.717) is 19.5 Å². The number of nitrogens with one attached hydrogen (secondary N) is 2. The zero-order chi connectivity index (χ0) is 13.5. The van der Waals surface area contributed by atoms with Gasteiger partial charge in [-0.3, -0.25) is 4.79 Å². The molecule has 0 unspecified atom stereocenters. The Hall–Kier alpha value is -2.14. The van der Waals surface area contributed by atoms with E-state index < -0.39 is 0 Å². The van der Waals surface area contributed by atoms with E-state index in [2.05, 4.69) is 15.7 Å². The largest absolute Gasteiger partial charge is 0.319 e. The molecule has 5 nitrogen and oxygen atoms in total. The predicted octanol–water partition coefficient (Wildman–Crippen LogP) is 1.48. The Kier molecular flexibility index (Phi) is 4.69. The summed E-state index contributed by atoms with van der Waals surface area (Å²) in [4.78, 5) is 11.7. The van der Waals surface area contributed by atoms with Crippen molar-refractivity contribution in [2.24, 2.45) is 0 Å². The molecule has 1 heterocycles. The van der Waals surface area contributed by atoms with Gasteiger partial charge in [0.05, 0.1) is 12.7 Å². The number of carbonyl (C=O) groups is 1. The molecule has 19 heavy (non-hydrogen) atoms. The molecule has 1 amide bonds. The summed E-state index contributed by atoms with van der Waals surface area (Å²) in [7, 11) is 1.83. The number of nitrogens with zero attached hydrogens (tertiary/aromatic N) is 2. The third-order valence-electron chi connectivity index (χ3n) is 2.76. The van der Waals surface area contributed by atoms with Gasteiger partial charge in [-0.05, 0) is 12.6 Å². The number of amides is 1. The highest BCUT2D eigenvalue weighted by Gasteiger charge is 2.07. The fraction of sp³-hybridized carbons (Fsp3) is 0.286. The number of hydrogen-bond acceptors (Lipinski definition) is 3. The van der Waals surface area contributed by atoms with Gasteiger partial charge in [0.25, 0.3) is 0 Å². The summed E-state index contributed by atoms with van der Waals surface area (Å²) in [5, 5.41) is 10.0. The lowest BCUT2D eigenvalue weighted by atomic mass is 10.2. The van der Waals surface area contributed by atoms with Gasteiger partial charge in [0.15, 0.2) is 0 Å². The van der Waals surface area contributed by atoms with Crippen LogP contribution in [0.3, 0.4) is 0 Å². The van der Waals surface area contributed by atoms with Crippen LogP contribution in [0.15, 0.2) is 42.6 Å². The van der Waals surface area contributed by atoms with E-state index in [0.717, 1.165) is 11.4 Å². The highest BCUT2D eigenvalue weighted by atomic mass is 16.1. The van der Waals surface area contributed by atoms with E-state index in [-0.39, 0.29) is 5.91 Å². The Morgan fingerprint density at radius 3 is 2.79 bits per heavy atom. The summed E-state index contributed by atoms with van der Waals surface area (Å²) in [6, 6.07) is 11.8. The number of rotatable bonds is 6. The van der Waals surface area contributed by atoms with E-state index in [1.807, 2.05) is 37.4 Å². The van der Waals surface area contributed by atoms with E-state index in [1.165, 1.54) is 0 Å². The zero-order valence-corrected chi connectivity index (χ0v) is 11.0. The molecule has 2 N–H and O–H groups in total. The van der Waals surface area contributed by atoms with Crippen molar-refractivity contribution >= 4 is 11.7 Å². The lowest BCUT2D eigenvalue weighted by Crippen LogP contribution is -2.20. The van der Waals surface area contributed by atoms with E-state index >= 15 is 0 Å². The van der Waals surface area contributed by atoms with Gasteiger partial charge in [-0.25, -0.2) is 4.68 Å². The monoisotopic (exact) mass is 258 g/mol. The molecular formula is C14H18N4O. The predicted molar refractivity (Wildman–Crippen MR) is 74.9 cm³/mol. The third-order valence-corrected chi connectivity index (χ3v) is 2.76. The summed E-state index contributed by atoms with van der Waals surface area (Å²) in [5.41, 5.74) is 1.15. The molecule has 0 fully saturated rings. The molecule has 2 aromatic rings. The van der Waals surface area contributed by atoms with Crippen molar-refractivity contribution in [1.82, 2.24) is 15.1 Å². The van der Waals surface area contributed by atoms with Crippen LogP contribution in [0.1, 0.15) is 12.0 Å². The molecule has 5 heteroatoms. The number of carbonyl (C=O) groups excluding carboxylic acids is 1. The molecule has 0 atom stereocenters. The first-order valence-electron chi connectivity index (χ1n) is 6.30. The quantitative estimate of drug-likeness (QED) is 0.825. The molecule has 0 saturated heterocycles. The standard InChI is InChI=1S/C14H18N4O/c1-15-9-8-14(19)17-13-7-10-16-18(13)11-12-5-3-2-4-6-12/h2-7,10,15H,8-9,11H2,1H3,(H,17,19). The van der Waals surface area contributed by atoms with Crippen LogP contribution in [0, 0.1) is 0 Å². The van der Waals surface area contributed by atoms with Crippen LogP contribution in [0.25, 0.3) is 0 Å². The van der Waals surface area contributed by atoms with Crippen LogP contribution in [-0.2, 0) is 11.3 Å². The van der Waals surface area contributed by atoms with Gasteiger partial charge in [0.2, 0.25) is 5.91 Å². The first-order valence-corrected chi connectivity index (χ1v) is 6.30. The average Bonchev–Trinajstić information content (AvgIpc) is 2.85. The highest BCUT2D eigenvalue weighted by molar-refractivity contribution is 5.89. The number of benzene rings is 1. The number of aromatic nitrogens is 2. The maximum atomic E-state index is 11.7. The van der Waals surface area contributed by atoms with Gasteiger partial charge in [0, 0.05) is 19.0 Å². The Bertz CT molecular complexity index is 521. The summed E-state index contributed by atoms with van der Waals surface area (Å²) >= 11 is 0. The average molecular weight is 258 g/mol. The SMILES string of the molecule is CNCCC(=O)Nc1ccnn1Cc1ccccc1. The first-order chi connectivity index (χ1) is 9.29. The minimum Gasteiger partial charge on any atom is -0.319 e. The van der Waals surface area contributed by atoms with Crippen molar-refractivity contribution in [3.05, 3.63) is 48.2 Å². The van der Waals surface area contributed by atoms with Crippen molar-refractivity contribution < 1.29 is 4.79 Å². The Labute approximate surface area is 112 Å². The lowest BCUT2D eigenvalue weighted by molar-refractivity contribution is -0.116.